The maximum atomic E-state index is 13.1. The van der Waals surface area contributed by atoms with Crippen molar-refractivity contribution in [3.8, 4) is 6.07 Å². The van der Waals surface area contributed by atoms with Gasteiger partial charge < -0.3 is 9.88 Å². The van der Waals surface area contributed by atoms with Gasteiger partial charge >= 0.3 is 6.18 Å². The molecule has 1 amide bonds. The molecule has 0 atom stereocenters. The lowest BCUT2D eigenvalue weighted by Gasteiger charge is -2.16. The van der Waals surface area contributed by atoms with Crippen LogP contribution in [0.25, 0.3) is 0 Å². The number of pyridine rings is 1. The van der Waals surface area contributed by atoms with Crippen LogP contribution in [-0.4, -0.2) is 10.5 Å². The van der Waals surface area contributed by atoms with E-state index in [0.29, 0.717) is 17.3 Å². The van der Waals surface area contributed by atoms with Crippen LogP contribution in [-0.2, 0) is 17.5 Å². The lowest BCUT2D eigenvalue weighted by molar-refractivity contribution is -0.137. The van der Waals surface area contributed by atoms with E-state index in [1.54, 1.807) is 26.0 Å². The van der Waals surface area contributed by atoms with E-state index in [1.807, 2.05) is 0 Å². The van der Waals surface area contributed by atoms with E-state index in [9.17, 15) is 22.8 Å². The highest BCUT2D eigenvalue weighted by Gasteiger charge is 2.34. The van der Waals surface area contributed by atoms with Crippen LogP contribution in [0.3, 0.4) is 0 Å². The van der Waals surface area contributed by atoms with E-state index in [2.05, 4.69) is 5.32 Å². The molecule has 0 aliphatic rings. The number of aromatic nitrogens is 1. The van der Waals surface area contributed by atoms with Gasteiger partial charge in [0.05, 0.1) is 11.3 Å². The Labute approximate surface area is 151 Å². The van der Waals surface area contributed by atoms with Gasteiger partial charge in [-0.05, 0) is 43.7 Å². The molecule has 0 fully saturated rings. The summed E-state index contributed by atoms with van der Waals surface area (Å²) in [6.45, 7) is 2.62. The summed E-state index contributed by atoms with van der Waals surface area (Å²) in [6, 6.07) is 6.26. The lowest BCUT2D eigenvalue weighted by atomic mass is 10.1. The Bertz CT molecular complexity index is 975. The molecule has 5 nitrogen and oxygen atoms in total. The van der Waals surface area contributed by atoms with Gasteiger partial charge in [-0.1, -0.05) is 11.6 Å². The van der Waals surface area contributed by atoms with Gasteiger partial charge in [0.25, 0.3) is 5.56 Å². The van der Waals surface area contributed by atoms with Crippen molar-refractivity contribution in [1.82, 2.24) is 4.57 Å². The normalized spacial score (nSPS) is 11.1. The molecule has 1 heterocycles. The van der Waals surface area contributed by atoms with Crippen molar-refractivity contribution >= 4 is 23.2 Å². The van der Waals surface area contributed by atoms with Crippen molar-refractivity contribution in [3.05, 3.63) is 62.0 Å². The average molecular weight is 384 g/mol. The monoisotopic (exact) mass is 383 g/mol. The molecule has 1 N–H and O–H groups in total. The molecule has 0 saturated heterocycles. The highest BCUT2D eigenvalue weighted by molar-refractivity contribution is 6.30. The van der Waals surface area contributed by atoms with Crippen LogP contribution in [0.15, 0.2) is 29.1 Å². The second kappa shape index (κ2) is 7.22. The van der Waals surface area contributed by atoms with E-state index in [1.165, 1.54) is 6.07 Å². The molecule has 0 saturated carbocycles. The number of rotatable bonds is 3. The van der Waals surface area contributed by atoms with Crippen molar-refractivity contribution in [2.24, 2.45) is 0 Å². The molecule has 26 heavy (non-hydrogen) atoms. The molecule has 1 aromatic heterocycles. The Kier molecular flexibility index (Phi) is 5.42. The molecule has 2 rings (SSSR count). The quantitative estimate of drug-likeness (QED) is 0.879. The molecular formula is C17H13ClF3N3O2. The first kappa shape index (κ1) is 19.5. The lowest BCUT2D eigenvalue weighted by Crippen LogP contribution is -2.31. The van der Waals surface area contributed by atoms with Crippen LogP contribution in [0.5, 0.6) is 0 Å². The number of nitrogens with zero attached hydrogens (tertiary/aromatic N) is 2. The number of amides is 1. The first-order chi connectivity index (χ1) is 12.0. The minimum atomic E-state index is -4.71. The topological polar surface area (TPSA) is 74.9 Å². The number of carbonyl (C=O) groups is 1. The Morgan fingerprint density at radius 3 is 2.54 bits per heavy atom. The van der Waals surface area contributed by atoms with Crippen LogP contribution in [0, 0.1) is 25.2 Å². The summed E-state index contributed by atoms with van der Waals surface area (Å²) in [6.07, 6.45) is -4.71. The fourth-order valence-electron chi connectivity index (χ4n) is 2.45. The Morgan fingerprint density at radius 1 is 1.31 bits per heavy atom. The molecule has 0 radical (unpaired) electrons. The highest BCUT2D eigenvalue weighted by Crippen LogP contribution is 2.36. The van der Waals surface area contributed by atoms with Crippen LogP contribution in [0.2, 0.25) is 5.02 Å². The number of hydrogen-bond donors (Lipinski definition) is 1. The number of nitriles is 1. The fourth-order valence-corrected chi connectivity index (χ4v) is 2.63. The summed E-state index contributed by atoms with van der Waals surface area (Å²) in [5, 5.41) is 11.0. The molecular weight excluding hydrogens is 371 g/mol. The van der Waals surface area contributed by atoms with E-state index >= 15 is 0 Å². The second-order valence-corrected chi connectivity index (χ2v) is 6.02. The minimum absolute atomic E-state index is 0.120. The number of alkyl halides is 3. The first-order valence-electron chi connectivity index (χ1n) is 7.32. The minimum Gasteiger partial charge on any atom is -0.324 e. The van der Waals surface area contributed by atoms with Gasteiger partial charge in [-0.2, -0.15) is 18.4 Å². The fraction of sp³-hybridized carbons (Fsp3) is 0.235. The SMILES string of the molecule is Cc1cc(C)n(CC(=O)Nc2ccc(Cl)cc2C(F)(F)F)c(=O)c1C#N. The van der Waals surface area contributed by atoms with E-state index in [0.717, 1.165) is 10.6 Å². The number of halogens is 4. The Hall–Kier alpha value is -2.79. The van der Waals surface area contributed by atoms with Crippen molar-refractivity contribution in [1.29, 1.82) is 5.26 Å². The van der Waals surface area contributed by atoms with Crippen LogP contribution < -0.4 is 10.9 Å². The summed E-state index contributed by atoms with van der Waals surface area (Å²) < 4.78 is 40.3. The number of carbonyl (C=O) groups excluding carboxylic acids is 1. The molecule has 0 bridgehead atoms. The Balaban J connectivity index is 2.35. The van der Waals surface area contributed by atoms with Gasteiger partial charge in [-0.15, -0.1) is 0 Å². The van der Waals surface area contributed by atoms with Gasteiger partial charge in [0.1, 0.15) is 18.2 Å². The maximum absolute atomic E-state index is 13.1. The number of anilines is 1. The number of hydrogen-bond acceptors (Lipinski definition) is 3. The smallest absolute Gasteiger partial charge is 0.324 e. The van der Waals surface area contributed by atoms with E-state index < -0.39 is 35.4 Å². The van der Waals surface area contributed by atoms with Gasteiger partial charge in [-0.3, -0.25) is 9.59 Å². The molecule has 0 aliphatic heterocycles. The van der Waals surface area contributed by atoms with Crippen molar-refractivity contribution in [3.63, 3.8) is 0 Å². The zero-order valence-corrected chi connectivity index (χ0v) is 14.5. The Morgan fingerprint density at radius 2 is 1.96 bits per heavy atom. The number of benzene rings is 1. The predicted molar refractivity (Wildman–Crippen MR) is 90.0 cm³/mol. The molecule has 1 aromatic carbocycles. The van der Waals surface area contributed by atoms with E-state index in [-0.39, 0.29) is 10.6 Å². The van der Waals surface area contributed by atoms with Crippen LogP contribution >= 0.6 is 11.6 Å². The number of aryl methyl sites for hydroxylation is 2. The van der Waals surface area contributed by atoms with Gasteiger partial charge in [0.2, 0.25) is 5.91 Å². The maximum Gasteiger partial charge on any atom is 0.418 e. The van der Waals surface area contributed by atoms with Crippen LogP contribution in [0.4, 0.5) is 18.9 Å². The molecule has 0 spiro atoms. The predicted octanol–water partition coefficient (Wildman–Crippen LogP) is 3.65. The highest BCUT2D eigenvalue weighted by atomic mass is 35.5. The molecule has 136 valence electrons. The third kappa shape index (κ3) is 4.06. The molecule has 0 aliphatic carbocycles. The van der Waals surface area contributed by atoms with Gasteiger partial charge in [0, 0.05) is 10.7 Å². The summed E-state index contributed by atoms with van der Waals surface area (Å²) in [5.41, 5.74) is -1.48. The molecule has 9 heteroatoms. The summed E-state index contributed by atoms with van der Waals surface area (Å²) in [5.74, 6) is -0.837. The van der Waals surface area contributed by atoms with Gasteiger partial charge in [-0.25, -0.2) is 0 Å². The summed E-state index contributed by atoms with van der Waals surface area (Å²) >= 11 is 5.59. The molecule has 2 aromatic rings. The van der Waals surface area contributed by atoms with Gasteiger partial charge in [0.15, 0.2) is 0 Å². The number of nitrogens with one attached hydrogen (secondary N) is 1. The molecule has 0 unspecified atom stereocenters. The first-order valence-corrected chi connectivity index (χ1v) is 7.70. The zero-order valence-electron chi connectivity index (χ0n) is 13.7. The van der Waals surface area contributed by atoms with Crippen LogP contribution in [0.1, 0.15) is 22.4 Å². The standard InChI is InChI=1S/C17H13ClF3N3O2/c1-9-5-10(2)24(16(26)12(9)7-22)8-15(25)23-14-4-3-11(18)6-13(14)17(19,20)21/h3-6H,8H2,1-2H3,(H,23,25). The van der Waals surface area contributed by atoms with Crippen molar-refractivity contribution < 1.29 is 18.0 Å². The zero-order chi connectivity index (χ0) is 19.6. The third-order valence-corrected chi connectivity index (χ3v) is 3.91. The largest absolute Gasteiger partial charge is 0.418 e. The van der Waals surface area contributed by atoms with Crippen molar-refractivity contribution in [2.75, 3.05) is 5.32 Å². The van der Waals surface area contributed by atoms with Crippen molar-refractivity contribution in [2.45, 2.75) is 26.6 Å². The third-order valence-electron chi connectivity index (χ3n) is 3.68. The average Bonchev–Trinajstić information content (AvgIpc) is 2.52. The summed E-state index contributed by atoms with van der Waals surface area (Å²) in [4.78, 5) is 24.4. The second-order valence-electron chi connectivity index (χ2n) is 5.58. The summed E-state index contributed by atoms with van der Waals surface area (Å²) in [7, 11) is 0. The van der Waals surface area contributed by atoms with E-state index in [4.69, 9.17) is 16.9 Å².